The highest BCUT2D eigenvalue weighted by Gasteiger charge is 2.31. The Balaban J connectivity index is 1.47. The van der Waals surface area contributed by atoms with E-state index < -0.39 is 0 Å². The van der Waals surface area contributed by atoms with Crippen LogP contribution in [0.5, 0.6) is 11.5 Å². The molecular weight excluding hydrogens is 404 g/mol. The molecule has 1 aliphatic rings. The van der Waals surface area contributed by atoms with Crippen LogP contribution < -0.4 is 9.47 Å². The molecule has 0 radical (unpaired) electrons. The van der Waals surface area contributed by atoms with Gasteiger partial charge in [-0.25, -0.2) is 9.97 Å². The maximum Gasteiger partial charge on any atom is 0.253 e. The minimum absolute atomic E-state index is 0.0264. The molecular formula is C25H24N4O3. The smallest absolute Gasteiger partial charge is 0.253 e. The van der Waals surface area contributed by atoms with Gasteiger partial charge in [0.05, 0.1) is 20.3 Å². The van der Waals surface area contributed by atoms with Gasteiger partial charge in [0.1, 0.15) is 22.8 Å². The molecule has 1 fully saturated rings. The number of imidazole rings is 1. The van der Waals surface area contributed by atoms with E-state index in [1.807, 2.05) is 65.6 Å². The van der Waals surface area contributed by atoms with Gasteiger partial charge in [0.15, 0.2) is 5.65 Å². The van der Waals surface area contributed by atoms with Crippen molar-refractivity contribution >= 4 is 17.1 Å². The fraction of sp³-hybridized carbons (Fsp3) is 0.240. The fourth-order valence-electron chi connectivity index (χ4n) is 4.27. The highest BCUT2D eigenvalue weighted by Crippen LogP contribution is 2.33. The first-order valence-electron chi connectivity index (χ1n) is 10.6. The number of aromatic nitrogens is 3. The molecule has 3 heterocycles. The van der Waals surface area contributed by atoms with Crippen LogP contribution >= 0.6 is 0 Å². The van der Waals surface area contributed by atoms with E-state index in [9.17, 15) is 4.79 Å². The number of hydrogen-bond acceptors (Lipinski definition) is 5. The monoisotopic (exact) mass is 428 g/mol. The Morgan fingerprint density at radius 2 is 1.66 bits per heavy atom. The second-order valence-electron chi connectivity index (χ2n) is 7.80. The number of carbonyl (C=O) groups is 1. The van der Waals surface area contributed by atoms with Crippen molar-refractivity contribution in [2.45, 2.75) is 12.5 Å². The summed E-state index contributed by atoms with van der Waals surface area (Å²) in [4.78, 5) is 24.5. The summed E-state index contributed by atoms with van der Waals surface area (Å²) < 4.78 is 12.7. The summed E-state index contributed by atoms with van der Waals surface area (Å²) in [5.41, 5.74) is 3.33. The maximum absolute atomic E-state index is 13.1. The van der Waals surface area contributed by atoms with Crippen LogP contribution in [-0.2, 0) is 0 Å². The standard InChI is InChI=1S/C25H24N4O3/c1-31-20-9-5-17(6-10-20)23-27-22-4-3-14-26-24(22)29(23)19-13-15-28(16-19)25(30)18-7-11-21(32-2)12-8-18/h3-12,14,19H,13,15-16H2,1-2H3/t19-/m1/s1. The lowest BCUT2D eigenvalue weighted by Crippen LogP contribution is -2.29. The molecule has 0 unspecified atom stereocenters. The zero-order valence-electron chi connectivity index (χ0n) is 18.1. The number of nitrogens with zero attached hydrogens (tertiary/aromatic N) is 4. The molecule has 2 aromatic heterocycles. The molecule has 1 atom stereocenters. The van der Waals surface area contributed by atoms with Gasteiger partial charge in [-0.2, -0.15) is 0 Å². The molecule has 1 saturated heterocycles. The molecule has 0 bridgehead atoms. The van der Waals surface area contributed by atoms with Gasteiger partial charge in [-0.1, -0.05) is 0 Å². The van der Waals surface area contributed by atoms with E-state index in [0.717, 1.165) is 40.5 Å². The van der Waals surface area contributed by atoms with Crippen LogP contribution in [0.25, 0.3) is 22.6 Å². The number of fused-ring (bicyclic) bond motifs is 1. The minimum Gasteiger partial charge on any atom is -0.497 e. The third kappa shape index (κ3) is 3.56. The van der Waals surface area contributed by atoms with Crippen molar-refractivity contribution < 1.29 is 14.3 Å². The largest absolute Gasteiger partial charge is 0.497 e. The van der Waals surface area contributed by atoms with E-state index in [1.54, 1.807) is 20.4 Å². The number of amides is 1. The average molecular weight is 428 g/mol. The average Bonchev–Trinajstić information content (AvgIpc) is 3.48. The highest BCUT2D eigenvalue weighted by atomic mass is 16.5. The number of ether oxygens (including phenoxy) is 2. The molecule has 0 N–H and O–H groups in total. The summed E-state index contributed by atoms with van der Waals surface area (Å²) in [7, 11) is 3.27. The molecule has 4 aromatic rings. The molecule has 0 aliphatic carbocycles. The summed E-state index contributed by atoms with van der Waals surface area (Å²) in [6.07, 6.45) is 2.63. The number of carbonyl (C=O) groups excluding carboxylic acids is 1. The summed E-state index contributed by atoms with van der Waals surface area (Å²) in [6, 6.07) is 19.1. The minimum atomic E-state index is 0.0264. The van der Waals surface area contributed by atoms with Crippen molar-refractivity contribution in [2.75, 3.05) is 27.3 Å². The second kappa shape index (κ2) is 8.34. The summed E-state index contributed by atoms with van der Waals surface area (Å²) in [6.45, 7) is 1.29. The molecule has 0 spiro atoms. The molecule has 7 nitrogen and oxygen atoms in total. The van der Waals surface area contributed by atoms with Crippen LogP contribution in [0.3, 0.4) is 0 Å². The van der Waals surface area contributed by atoms with Gasteiger partial charge < -0.3 is 18.9 Å². The summed E-state index contributed by atoms with van der Waals surface area (Å²) in [5, 5.41) is 0. The zero-order chi connectivity index (χ0) is 22.1. The first-order chi connectivity index (χ1) is 15.7. The number of rotatable bonds is 5. The third-order valence-electron chi connectivity index (χ3n) is 5.95. The highest BCUT2D eigenvalue weighted by molar-refractivity contribution is 5.94. The van der Waals surface area contributed by atoms with Crippen molar-refractivity contribution in [3.63, 3.8) is 0 Å². The molecule has 5 rings (SSSR count). The van der Waals surface area contributed by atoms with E-state index in [4.69, 9.17) is 14.5 Å². The Kier molecular flexibility index (Phi) is 5.23. The summed E-state index contributed by atoms with van der Waals surface area (Å²) >= 11 is 0. The lowest BCUT2D eigenvalue weighted by atomic mass is 10.1. The number of benzene rings is 2. The predicted molar refractivity (Wildman–Crippen MR) is 122 cm³/mol. The number of pyridine rings is 1. The number of hydrogen-bond donors (Lipinski definition) is 0. The molecule has 7 heteroatoms. The van der Waals surface area contributed by atoms with E-state index in [0.29, 0.717) is 18.7 Å². The Bertz CT molecular complexity index is 1250. The van der Waals surface area contributed by atoms with Gasteiger partial charge >= 0.3 is 0 Å². The van der Waals surface area contributed by atoms with Crippen molar-refractivity contribution in [1.29, 1.82) is 0 Å². The van der Waals surface area contributed by atoms with E-state index in [-0.39, 0.29) is 11.9 Å². The SMILES string of the molecule is COc1ccc(C(=O)N2CC[C@@H](n3c(-c4ccc(OC)cc4)nc4cccnc43)C2)cc1. The van der Waals surface area contributed by atoms with Crippen LogP contribution in [0.4, 0.5) is 0 Å². The van der Waals surface area contributed by atoms with Gasteiger partial charge in [0.25, 0.3) is 5.91 Å². The van der Waals surface area contributed by atoms with Gasteiger partial charge in [-0.05, 0) is 67.1 Å². The van der Waals surface area contributed by atoms with Crippen molar-refractivity contribution in [3.8, 4) is 22.9 Å². The molecule has 162 valence electrons. The Hall–Kier alpha value is -3.87. The van der Waals surface area contributed by atoms with Gasteiger partial charge in [0.2, 0.25) is 0 Å². The quantitative estimate of drug-likeness (QED) is 0.476. The lowest BCUT2D eigenvalue weighted by molar-refractivity contribution is 0.0788. The lowest BCUT2D eigenvalue weighted by Gasteiger charge is -2.19. The van der Waals surface area contributed by atoms with Crippen LogP contribution in [0.15, 0.2) is 66.9 Å². The molecule has 1 aliphatic heterocycles. The van der Waals surface area contributed by atoms with Crippen LogP contribution in [0.2, 0.25) is 0 Å². The zero-order valence-corrected chi connectivity index (χ0v) is 18.1. The van der Waals surface area contributed by atoms with Crippen molar-refractivity contribution in [1.82, 2.24) is 19.4 Å². The van der Waals surface area contributed by atoms with Crippen LogP contribution in [0, 0.1) is 0 Å². The van der Waals surface area contributed by atoms with Gasteiger partial charge in [0, 0.05) is 30.4 Å². The number of methoxy groups -OCH3 is 2. The van der Waals surface area contributed by atoms with E-state index >= 15 is 0 Å². The molecule has 0 saturated carbocycles. The molecule has 32 heavy (non-hydrogen) atoms. The summed E-state index contributed by atoms with van der Waals surface area (Å²) in [5.74, 6) is 2.41. The van der Waals surface area contributed by atoms with Crippen LogP contribution in [-0.4, -0.2) is 52.7 Å². The maximum atomic E-state index is 13.1. The van der Waals surface area contributed by atoms with Gasteiger partial charge in [-0.15, -0.1) is 0 Å². The first kappa shape index (κ1) is 20.1. The van der Waals surface area contributed by atoms with E-state index in [1.165, 1.54) is 0 Å². The Morgan fingerprint density at radius 3 is 2.34 bits per heavy atom. The topological polar surface area (TPSA) is 69.5 Å². The normalized spacial score (nSPS) is 15.8. The molecule has 2 aromatic carbocycles. The Labute approximate surface area is 186 Å². The van der Waals surface area contributed by atoms with Crippen molar-refractivity contribution in [2.24, 2.45) is 0 Å². The van der Waals surface area contributed by atoms with E-state index in [2.05, 4.69) is 9.55 Å². The van der Waals surface area contributed by atoms with Gasteiger partial charge in [-0.3, -0.25) is 4.79 Å². The fourth-order valence-corrected chi connectivity index (χ4v) is 4.27. The van der Waals surface area contributed by atoms with Crippen molar-refractivity contribution in [3.05, 3.63) is 72.4 Å². The first-order valence-corrected chi connectivity index (χ1v) is 10.6. The molecule has 1 amide bonds. The van der Waals surface area contributed by atoms with Crippen LogP contribution in [0.1, 0.15) is 22.8 Å². The predicted octanol–water partition coefficient (Wildman–Crippen LogP) is 4.20. The third-order valence-corrected chi connectivity index (χ3v) is 5.95. The number of likely N-dealkylation sites (tertiary alicyclic amines) is 1. The second-order valence-corrected chi connectivity index (χ2v) is 7.80. The Morgan fingerprint density at radius 1 is 0.969 bits per heavy atom.